The van der Waals surface area contributed by atoms with Crippen molar-refractivity contribution in [2.24, 2.45) is 5.14 Å². The van der Waals surface area contributed by atoms with Gasteiger partial charge in [-0.05, 0) is 54.7 Å². The SMILES string of the molecule is CN(C(=S)N(c1ccc(S(N)(=O)=O)cc1)c1cc(C(F)(F)F)[nH]n1)c1cccc(F)c1. The molecule has 164 valence electrons. The van der Waals surface area contributed by atoms with Crippen LogP contribution in [0.25, 0.3) is 0 Å². The minimum atomic E-state index is -4.68. The van der Waals surface area contributed by atoms with E-state index < -0.39 is 27.7 Å². The van der Waals surface area contributed by atoms with Crippen LogP contribution >= 0.6 is 12.2 Å². The van der Waals surface area contributed by atoms with E-state index in [2.05, 4.69) is 5.10 Å². The van der Waals surface area contributed by atoms with Crippen molar-refractivity contribution in [1.82, 2.24) is 10.2 Å². The van der Waals surface area contributed by atoms with Crippen molar-refractivity contribution >= 4 is 44.5 Å². The number of alkyl halides is 3. The molecule has 3 rings (SSSR count). The number of aromatic amines is 1. The first-order valence-corrected chi connectivity index (χ1v) is 10.4. The third-order valence-electron chi connectivity index (χ3n) is 4.20. The van der Waals surface area contributed by atoms with Crippen molar-refractivity contribution < 1.29 is 26.0 Å². The van der Waals surface area contributed by atoms with E-state index >= 15 is 0 Å². The number of nitrogens with two attached hydrogens (primary N) is 1. The van der Waals surface area contributed by atoms with Gasteiger partial charge in [0.25, 0.3) is 0 Å². The number of H-pyrrole nitrogens is 1. The van der Waals surface area contributed by atoms with Crippen LogP contribution in [-0.4, -0.2) is 30.8 Å². The molecular weight excluding hydrogens is 458 g/mol. The van der Waals surface area contributed by atoms with Gasteiger partial charge in [-0.15, -0.1) is 0 Å². The van der Waals surface area contributed by atoms with Crippen molar-refractivity contribution in [2.45, 2.75) is 11.1 Å². The highest BCUT2D eigenvalue weighted by atomic mass is 32.2. The molecule has 0 aliphatic carbocycles. The molecule has 13 heteroatoms. The quantitative estimate of drug-likeness (QED) is 0.443. The first kappa shape index (κ1) is 22.7. The second kappa shape index (κ2) is 8.24. The van der Waals surface area contributed by atoms with Crippen molar-refractivity contribution in [1.29, 1.82) is 0 Å². The molecule has 0 bridgehead atoms. The minimum absolute atomic E-state index is 0.0471. The van der Waals surface area contributed by atoms with Gasteiger partial charge in [0, 0.05) is 24.5 Å². The maximum absolute atomic E-state index is 13.6. The summed E-state index contributed by atoms with van der Waals surface area (Å²) in [5.74, 6) is -0.737. The van der Waals surface area contributed by atoms with E-state index in [1.165, 1.54) is 59.3 Å². The first-order chi connectivity index (χ1) is 14.4. The Bertz CT molecular complexity index is 1210. The van der Waals surface area contributed by atoms with Crippen LogP contribution in [0.3, 0.4) is 0 Å². The highest BCUT2D eigenvalue weighted by Gasteiger charge is 2.34. The molecule has 3 aromatic rings. The number of thiocarbonyl (C=S) groups is 1. The molecule has 0 unspecified atom stereocenters. The third-order valence-corrected chi connectivity index (χ3v) is 5.58. The zero-order valence-electron chi connectivity index (χ0n) is 15.8. The average molecular weight is 473 g/mol. The fraction of sp³-hybridized carbons (Fsp3) is 0.111. The van der Waals surface area contributed by atoms with Crippen molar-refractivity contribution in [2.75, 3.05) is 16.8 Å². The van der Waals surface area contributed by atoms with Crippen LogP contribution in [0.15, 0.2) is 59.5 Å². The molecule has 0 saturated heterocycles. The topological polar surface area (TPSA) is 95.3 Å². The van der Waals surface area contributed by atoms with Crippen LogP contribution in [0, 0.1) is 5.82 Å². The maximum atomic E-state index is 13.6. The van der Waals surface area contributed by atoms with E-state index in [4.69, 9.17) is 17.4 Å². The highest BCUT2D eigenvalue weighted by Crippen LogP contribution is 2.33. The molecule has 3 N–H and O–H groups in total. The van der Waals surface area contributed by atoms with E-state index in [0.29, 0.717) is 5.69 Å². The molecule has 0 spiro atoms. The lowest BCUT2D eigenvalue weighted by Crippen LogP contribution is -2.38. The lowest BCUT2D eigenvalue weighted by Gasteiger charge is -2.30. The molecule has 7 nitrogen and oxygen atoms in total. The number of rotatable bonds is 4. The average Bonchev–Trinajstić information content (AvgIpc) is 3.17. The Morgan fingerprint density at radius 1 is 1.10 bits per heavy atom. The van der Waals surface area contributed by atoms with Gasteiger partial charge in [-0.25, -0.2) is 17.9 Å². The van der Waals surface area contributed by atoms with E-state index in [1.54, 1.807) is 6.07 Å². The summed E-state index contributed by atoms with van der Waals surface area (Å²) < 4.78 is 75.8. The van der Waals surface area contributed by atoms with E-state index in [-0.39, 0.29) is 21.5 Å². The molecule has 0 saturated carbocycles. The van der Waals surface area contributed by atoms with Crippen LogP contribution in [0.5, 0.6) is 0 Å². The number of nitrogens with zero attached hydrogens (tertiary/aromatic N) is 3. The number of halogens is 4. The Kier molecular flexibility index (Phi) is 6.02. The Morgan fingerprint density at radius 3 is 2.26 bits per heavy atom. The van der Waals surface area contributed by atoms with Crippen LogP contribution in [0.4, 0.5) is 34.8 Å². The van der Waals surface area contributed by atoms with Crippen LogP contribution in [0.1, 0.15) is 5.69 Å². The largest absolute Gasteiger partial charge is 0.432 e. The van der Waals surface area contributed by atoms with Crippen molar-refractivity contribution in [3.05, 3.63) is 66.1 Å². The van der Waals surface area contributed by atoms with Crippen LogP contribution in [0.2, 0.25) is 0 Å². The van der Waals surface area contributed by atoms with Crippen molar-refractivity contribution in [3.63, 3.8) is 0 Å². The first-order valence-electron chi connectivity index (χ1n) is 8.47. The standard InChI is InChI=1S/C18H15F4N5O2S2/c1-26(13-4-2-3-11(19)9-13)17(30)27(16-10-15(24-25-16)18(20,21)22)12-5-7-14(8-6-12)31(23,28)29/h2-10H,1H3,(H,24,25)(H2,23,28,29). The summed E-state index contributed by atoms with van der Waals surface area (Å²) >= 11 is 5.45. The molecular formula is C18H15F4N5O2S2. The molecule has 0 amide bonds. The Hall–Kier alpha value is -3.03. The number of anilines is 3. The molecule has 0 aliphatic heterocycles. The van der Waals surface area contributed by atoms with Gasteiger partial charge in [0.1, 0.15) is 11.5 Å². The lowest BCUT2D eigenvalue weighted by atomic mass is 10.2. The molecule has 0 fully saturated rings. The van der Waals surface area contributed by atoms with E-state index in [1.807, 2.05) is 5.10 Å². The van der Waals surface area contributed by atoms with E-state index in [0.717, 1.165) is 6.07 Å². The summed E-state index contributed by atoms with van der Waals surface area (Å²) in [6.07, 6.45) is -4.68. The number of nitrogens with one attached hydrogen (secondary N) is 1. The van der Waals surface area contributed by atoms with Gasteiger partial charge < -0.3 is 4.90 Å². The molecule has 1 heterocycles. The molecule has 0 aliphatic rings. The number of hydrogen-bond acceptors (Lipinski definition) is 4. The Labute approximate surface area is 180 Å². The summed E-state index contributed by atoms with van der Waals surface area (Å²) in [4.78, 5) is 2.35. The predicted molar refractivity (Wildman–Crippen MR) is 111 cm³/mol. The number of benzene rings is 2. The fourth-order valence-corrected chi connectivity index (χ4v) is 3.46. The maximum Gasteiger partial charge on any atom is 0.432 e. The second-order valence-electron chi connectivity index (χ2n) is 6.33. The normalized spacial score (nSPS) is 11.9. The summed E-state index contributed by atoms with van der Waals surface area (Å²) in [6, 6.07) is 11.2. The number of primary sulfonamides is 1. The summed E-state index contributed by atoms with van der Waals surface area (Å²) in [5.41, 5.74) is -0.562. The second-order valence-corrected chi connectivity index (χ2v) is 8.26. The van der Waals surface area contributed by atoms with E-state index in [9.17, 15) is 26.0 Å². The fourth-order valence-electron chi connectivity index (χ4n) is 2.64. The monoisotopic (exact) mass is 473 g/mol. The van der Waals surface area contributed by atoms with Crippen LogP contribution in [-0.2, 0) is 16.2 Å². The smallest absolute Gasteiger partial charge is 0.321 e. The van der Waals surface area contributed by atoms with Gasteiger partial charge in [0.2, 0.25) is 10.0 Å². The highest BCUT2D eigenvalue weighted by molar-refractivity contribution is 7.89. The summed E-state index contributed by atoms with van der Waals surface area (Å²) in [5, 5.41) is 10.6. The predicted octanol–water partition coefficient (Wildman–Crippen LogP) is 3.77. The number of sulfonamides is 1. The lowest BCUT2D eigenvalue weighted by molar-refractivity contribution is -0.141. The molecule has 1 aromatic heterocycles. The van der Waals surface area contributed by atoms with Crippen LogP contribution < -0.4 is 14.9 Å². The molecule has 2 aromatic carbocycles. The minimum Gasteiger partial charge on any atom is -0.321 e. The number of hydrogen-bond donors (Lipinski definition) is 2. The molecule has 0 radical (unpaired) electrons. The van der Waals surface area contributed by atoms with Gasteiger partial charge in [0.15, 0.2) is 10.9 Å². The van der Waals surface area contributed by atoms with Gasteiger partial charge in [-0.2, -0.15) is 18.3 Å². The number of aromatic nitrogens is 2. The zero-order chi connectivity index (χ0) is 23.0. The van der Waals surface area contributed by atoms with Crippen molar-refractivity contribution in [3.8, 4) is 0 Å². The van der Waals surface area contributed by atoms with Gasteiger partial charge >= 0.3 is 6.18 Å². The van der Waals surface area contributed by atoms with Gasteiger partial charge in [-0.3, -0.25) is 10.00 Å². The third kappa shape index (κ3) is 5.00. The molecule has 0 atom stereocenters. The molecule has 31 heavy (non-hydrogen) atoms. The van der Waals surface area contributed by atoms with Gasteiger partial charge in [0.05, 0.1) is 4.90 Å². The van der Waals surface area contributed by atoms with Gasteiger partial charge in [-0.1, -0.05) is 6.07 Å². The zero-order valence-corrected chi connectivity index (χ0v) is 17.4. The Morgan fingerprint density at radius 2 is 1.74 bits per heavy atom. The summed E-state index contributed by atoms with van der Waals surface area (Å²) in [6.45, 7) is 0. The Balaban J connectivity index is 2.08. The summed E-state index contributed by atoms with van der Waals surface area (Å²) in [7, 11) is -2.48.